The van der Waals surface area contributed by atoms with E-state index in [2.05, 4.69) is 24.7 Å². The predicted molar refractivity (Wildman–Crippen MR) is 99.8 cm³/mol. The Morgan fingerprint density at radius 3 is 2.72 bits per heavy atom. The van der Waals surface area contributed by atoms with Gasteiger partial charge in [0.1, 0.15) is 17.1 Å². The van der Waals surface area contributed by atoms with Crippen LogP contribution in [0.15, 0.2) is 16.4 Å². The van der Waals surface area contributed by atoms with Crippen molar-refractivity contribution in [3.05, 3.63) is 17.1 Å². The van der Waals surface area contributed by atoms with Gasteiger partial charge in [-0.2, -0.15) is 9.36 Å². The van der Waals surface area contributed by atoms with Crippen molar-refractivity contribution in [3.63, 3.8) is 0 Å². The Morgan fingerprint density at radius 2 is 2.14 bits per heavy atom. The molecule has 0 radical (unpaired) electrons. The van der Waals surface area contributed by atoms with Crippen LogP contribution in [-0.2, 0) is 24.0 Å². The monoisotopic (exact) mass is 442 g/mol. The fourth-order valence-electron chi connectivity index (χ4n) is 2.65. The third-order valence-electron chi connectivity index (χ3n) is 3.86. The molecule has 1 aromatic heterocycles. The Labute approximate surface area is 170 Å². The molecule has 154 valence electrons. The number of hydrogen-bond acceptors (Lipinski definition) is 11. The van der Waals surface area contributed by atoms with E-state index in [9.17, 15) is 24.3 Å². The molecule has 0 aromatic carbocycles. The fourth-order valence-corrected chi connectivity index (χ4v) is 4.38. The molecule has 2 amide bonds. The highest BCUT2D eigenvalue weighted by molar-refractivity contribution is 8.00. The lowest BCUT2D eigenvalue weighted by Gasteiger charge is -2.49. The normalized spacial score (nSPS) is 21.3. The Morgan fingerprint density at radius 1 is 1.41 bits per heavy atom. The Kier molecular flexibility index (Phi) is 5.69. The zero-order chi connectivity index (χ0) is 21.3. The topological polar surface area (TPSA) is 197 Å². The number of rotatable bonds is 7. The molecule has 3 rings (SSSR count). The largest absolute Gasteiger partial charge is 0.479 e. The van der Waals surface area contributed by atoms with E-state index in [1.54, 1.807) is 6.92 Å². The number of β-lactam (4-membered cyclic amide) rings is 1. The van der Waals surface area contributed by atoms with Crippen molar-refractivity contribution in [1.29, 1.82) is 0 Å². The number of carboxylic acid groups (broad SMARTS) is 2. The average molecular weight is 442 g/mol. The van der Waals surface area contributed by atoms with Gasteiger partial charge in [0.25, 0.3) is 11.8 Å². The van der Waals surface area contributed by atoms with Crippen molar-refractivity contribution in [3.8, 4) is 0 Å². The number of aromatic nitrogens is 2. The molecule has 15 heteroatoms. The summed E-state index contributed by atoms with van der Waals surface area (Å²) in [4.78, 5) is 56.6. The summed E-state index contributed by atoms with van der Waals surface area (Å²) >= 11 is 2.08. The molecule has 1 aromatic rings. The highest BCUT2D eigenvalue weighted by atomic mass is 32.2. The van der Waals surface area contributed by atoms with Crippen molar-refractivity contribution in [2.24, 2.45) is 5.16 Å². The van der Waals surface area contributed by atoms with Crippen LogP contribution in [0.1, 0.15) is 12.7 Å². The van der Waals surface area contributed by atoms with Gasteiger partial charge >= 0.3 is 11.9 Å². The predicted octanol–water partition coefficient (Wildman–Crippen LogP) is -1.32. The van der Waals surface area contributed by atoms with E-state index < -0.39 is 47.5 Å². The molecule has 0 aliphatic carbocycles. The maximum Gasteiger partial charge on any atom is 0.352 e. The summed E-state index contributed by atoms with van der Waals surface area (Å²) in [5.41, 5.74) is 5.48. The standard InChI is InChI=1S/C14H14N6O7S2/c1-4-3-28-12-7(11(24)20(12)8(4)13(25)26)16-10(23)6(18-27-2-5(21)22)9-17-14(15)29-19-9/h7,12H,2-3H2,1H3,(H,16,23)(H,21,22)(H,25,26)(H2,15,17,19)/b18-6-/t7?,12-/m1/s1. The molecule has 0 bridgehead atoms. The lowest BCUT2D eigenvalue weighted by atomic mass is 10.0. The Balaban J connectivity index is 1.78. The minimum Gasteiger partial charge on any atom is -0.479 e. The summed E-state index contributed by atoms with van der Waals surface area (Å²) in [6, 6.07) is -1.00. The van der Waals surface area contributed by atoms with Gasteiger partial charge in [0.15, 0.2) is 5.13 Å². The number of nitrogens with two attached hydrogens (primary N) is 1. The lowest BCUT2D eigenvalue weighted by molar-refractivity contribution is -0.150. The zero-order valence-corrected chi connectivity index (χ0v) is 16.3. The lowest BCUT2D eigenvalue weighted by Crippen LogP contribution is -2.71. The number of oxime groups is 1. The van der Waals surface area contributed by atoms with Gasteiger partial charge in [0.05, 0.1) is 0 Å². The van der Waals surface area contributed by atoms with Crippen LogP contribution in [0.25, 0.3) is 0 Å². The van der Waals surface area contributed by atoms with E-state index in [1.165, 1.54) is 11.8 Å². The first-order chi connectivity index (χ1) is 13.7. The van der Waals surface area contributed by atoms with E-state index in [-0.39, 0.29) is 16.7 Å². The van der Waals surface area contributed by atoms with Crippen molar-refractivity contribution < 1.29 is 34.2 Å². The fraction of sp³-hybridized carbons (Fsp3) is 0.357. The Hall–Kier alpha value is -3.20. The summed E-state index contributed by atoms with van der Waals surface area (Å²) in [5.74, 6) is -3.84. The van der Waals surface area contributed by atoms with Crippen LogP contribution in [0.3, 0.4) is 0 Å². The molecule has 1 fully saturated rings. The van der Waals surface area contributed by atoms with Gasteiger partial charge in [0.2, 0.25) is 18.1 Å². The first-order valence-corrected chi connectivity index (χ1v) is 9.72. The summed E-state index contributed by atoms with van der Waals surface area (Å²) < 4.78 is 3.83. The molecular formula is C14H14N6O7S2. The van der Waals surface area contributed by atoms with E-state index in [4.69, 9.17) is 10.8 Å². The molecule has 2 aliphatic rings. The van der Waals surface area contributed by atoms with Crippen molar-refractivity contribution in [1.82, 2.24) is 19.6 Å². The first kappa shape index (κ1) is 20.5. The maximum atomic E-state index is 12.6. The van der Waals surface area contributed by atoms with Gasteiger partial charge in [-0.15, -0.1) is 11.8 Å². The number of hydrogen-bond donors (Lipinski definition) is 4. The molecule has 1 unspecified atom stereocenters. The molecule has 1 saturated heterocycles. The van der Waals surface area contributed by atoms with Gasteiger partial charge in [-0.25, -0.2) is 9.59 Å². The number of aliphatic carboxylic acids is 2. The van der Waals surface area contributed by atoms with Crippen LogP contribution in [0.5, 0.6) is 0 Å². The van der Waals surface area contributed by atoms with E-state index in [0.29, 0.717) is 11.3 Å². The molecule has 2 aliphatic heterocycles. The van der Waals surface area contributed by atoms with E-state index >= 15 is 0 Å². The molecule has 13 nitrogen and oxygen atoms in total. The zero-order valence-electron chi connectivity index (χ0n) is 14.7. The van der Waals surface area contributed by atoms with Crippen LogP contribution < -0.4 is 11.1 Å². The van der Waals surface area contributed by atoms with Gasteiger partial charge in [-0.05, 0) is 12.5 Å². The van der Waals surface area contributed by atoms with Crippen LogP contribution in [-0.4, -0.2) is 77.7 Å². The second-order valence-electron chi connectivity index (χ2n) is 5.86. The van der Waals surface area contributed by atoms with E-state index in [0.717, 1.165) is 16.4 Å². The smallest absolute Gasteiger partial charge is 0.352 e. The van der Waals surface area contributed by atoms with Crippen molar-refractivity contribution in [2.45, 2.75) is 18.3 Å². The number of anilines is 1. The number of nitrogens with one attached hydrogen (secondary N) is 1. The first-order valence-electron chi connectivity index (χ1n) is 7.90. The number of thioether (sulfide) groups is 1. The summed E-state index contributed by atoms with van der Waals surface area (Å²) in [6.45, 7) is 0.811. The second kappa shape index (κ2) is 8.04. The van der Waals surface area contributed by atoms with Crippen LogP contribution in [0.2, 0.25) is 0 Å². The van der Waals surface area contributed by atoms with Crippen LogP contribution in [0.4, 0.5) is 5.13 Å². The van der Waals surface area contributed by atoms with Gasteiger partial charge < -0.3 is 26.1 Å². The second-order valence-corrected chi connectivity index (χ2v) is 7.75. The molecule has 5 N–H and O–H groups in total. The van der Waals surface area contributed by atoms with Crippen molar-refractivity contribution in [2.75, 3.05) is 18.1 Å². The Bertz CT molecular complexity index is 958. The average Bonchev–Trinajstić information content (AvgIpc) is 3.08. The minimum atomic E-state index is -1.31. The van der Waals surface area contributed by atoms with Crippen LogP contribution in [0, 0.1) is 0 Å². The number of fused-ring (bicyclic) bond motifs is 1. The molecule has 0 spiro atoms. The highest BCUT2D eigenvalue weighted by Crippen LogP contribution is 2.40. The molecular weight excluding hydrogens is 428 g/mol. The maximum absolute atomic E-state index is 12.6. The number of carbonyl (C=O) groups excluding carboxylic acids is 2. The number of amides is 2. The third-order valence-corrected chi connectivity index (χ3v) is 5.83. The SMILES string of the molecule is CC1=C(C(=O)O)N2C(=O)C(NC(=O)/C(=N\OCC(=O)O)c3nsc(N)n3)[C@H]2SC1. The quantitative estimate of drug-likeness (QED) is 0.222. The number of carbonyl (C=O) groups is 4. The number of nitrogens with zero attached hydrogens (tertiary/aromatic N) is 4. The molecule has 3 heterocycles. The van der Waals surface area contributed by atoms with Crippen LogP contribution >= 0.6 is 23.3 Å². The summed E-state index contributed by atoms with van der Waals surface area (Å²) in [6.07, 6.45) is 0. The number of nitrogen functional groups attached to an aromatic ring is 1. The summed E-state index contributed by atoms with van der Waals surface area (Å²) in [7, 11) is 0. The molecule has 29 heavy (non-hydrogen) atoms. The third kappa shape index (κ3) is 4.00. The molecule has 0 saturated carbocycles. The van der Waals surface area contributed by atoms with Gasteiger partial charge in [-0.1, -0.05) is 5.16 Å². The van der Waals surface area contributed by atoms with E-state index in [1.807, 2.05) is 0 Å². The number of carboxylic acids is 2. The van der Waals surface area contributed by atoms with Crippen molar-refractivity contribution >= 4 is 57.9 Å². The summed E-state index contributed by atoms with van der Waals surface area (Å²) in [5, 5.41) is 23.3. The highest BCUT2D eigenvalue weighted by Gasteiger charge is 2.54. The molecule has 2 atom stereocenters. The minimum absolute atomic E-state index is 0.0409. The van der Waals surface area contributed by atoms with Gasteiger partial charge in [-0.3, -0.25) is 14.5 Å². The van der Waals surface area contributed by atoms with Gasteiger partial charge in [0, 0.05) is 17.3 Å².